The smallest absolute Gasteiger partial charge is 0.250 e. The van der Waals surface area contributed by atoms with Crippen LogP contribution in [0, 0.1) is 0 Å². The number of nitrogens with zero attached hydrogens (tertiary/aromatic N) is 1. The summed E-state index contributed by atoms with van der Waals surface area (Å²) in [4.78, 5) is 12.2. The predicted molar refractivity (Wildman–Crippen MR) is 108 cm³/mol. The van der Waals surface area contributed by atoms with Crippen molar-refractivity contribution in [3.63, 3.8) is 0 Å². The maximum Gasteiger partial charge on any atom is 0.250 e. The van der Waals surface area contributed by atoms with Crippen LogP contribution < -0.4 is 5.56 Å². The standard InChI is InChI=1S/C22H22ClNO3/c1-26-12-13-27-16-18-2-6-19(7-3-18)20-8-11-22(25)24(15-20)14-17-4-9-21(23)10-5-17/h2-11,15H,12-14,16H2,1H3. The van der Waals surface area contributed by atoms with Gasteiger partial charge in [0.15, 0.2) is 0 Å². The summed E-state index contributed by atoms with van der Waals surface area (Å²) in [6.07, 6.45) is 1.89. The van der Waals surface area contributed by atoms with Gasteiger partial charge >= 0.3 is 0 Å². The first-order valence-corrected chi connectivity index (χ1v) is 9.14. The lowest BCUT2D eigenvalue weighted by atomic mass is 10.1. The average molecular weight is 384 g/mol. The molecule has 1 heterocycles. The first-order chi connectivity index (χ1) is 13.2. The maximum atomic E-state index is 12.2. The van der Waals surface area contributed by atoms with Crippen LogP contribution in [0.3, 0.4) is 0 Å². The molecule has 0 fully saturated rings. The largest absolute Gasteiger partial charge is 0.382 e. The van der Waals surface area contributed by atoms with E-state index in [4.69, 9.17) is 21.1 Å². The van der Waals surface area contributed by atoms with Crippen LogP contribution in [0.1, 0.15) is 11.1 Å². The molecular formula is C22H22ClNO3. The van der Waals surface area contributed by atoms with Crippen LogP contribution >= 0.6 is 11.6 Å². The van der Waals surface area contributed by atoms with Crippen molar-refractivity contribution in [1.29, 1.82) is 0 Å². The average Bonchev–Trinajstić information content (AvgIpc) is 2.69. The van der Waals surface area contributed by atoms with Crippen LogP contribution in [0.2, 0.25) is 5.02 Å². The fourth-order valence-electron chi connectivity index (χ4n) is 2.74. The fraction of sp³-hybridized carbons (Fsp3) is 0.227. The summed E-state index contributed by atoms with van der Waals surface area (Å²) < 4.78 is 12.2. The SMILES string of the molecule is COCCOCc1ccc(-c2ccc(=O)n(Cc3ccc(Cl)cc3)c2)cc1. The van der Waals surface area contributed by atoms with E-state index in [9.17, 15) is 4.79 Å². The minimum atomic E-state index is -0.0307. The first-order valence-electron chi connectivity index (χ1n) is 8.76. The number of aromatic nitrogens is 1. The van der Waals surface area contributed by atoms with Crippen LogP contribution in [0.4, 0.5) is 0 Å². The predicted octanol–water partition coefficient (Wildman–Crippen LogP) is 4.38. The number of halogens is 1. The lowest BCUT2D eigenvalue weighted by Crippen LogP contribution is -2.19. The molecule has 5 heteroatoms. The highest BCUT2D eigenvalue weighted by atomic mass is 35.5. The van der Waals surface area contributed by atoms with Crippen molar-refractivity contribution in [1.82, 2.24) is 4.57 Å². The summed E-state index contributed by atoms with van der Waals surface area (Å²) in [5.74, 6) is 0. The molecule has 2 aromatic carbocycles. The van der Waals surface area contributed by atoms with Gasteiger partial charge < -0.3 is 14.0 Å². The molecular weight excluding hydrogens is 362 g/mol. The number of rotatable bonds is 8. The number of hydrogen-bond donors (Lipinski definition) is 0. The third kappa shape index (κ3) is 5.54. The zero-order chi connectivity index (χ0) is 19.1. The second kappa shape index (κ2) is 9.51. The van der Waals surface area contributed by atoms with E-state index < -0.39 is 0 Å². The molecule has 0 aliphatic rings. The van der Waals surface area contributed by atoms with Gasteiger partial charge in [0.1, 0.15) is 0 Å². The van der Waals surface area contributed by atoms with Gasteiger partial charge in [0, 0.05) is 24.4 Å². The highest BCUT2D eigenvalue weighted by Gasteiger charge is 2.04. The lowest BCUT2D eigenvalue weighted by molar-refractivity contribution is 0.0617. The monoisotopic (exact) mass is 383 g/mol. The van der Waals surface area contributed by atoms with Gasteiger partial charge in [0.25, 0.3) is 5.56 Å². The van der Waals surface area contributed by atoms with Crippen LogP contribution in [0.5, 0.6) is 0 Å². The topological polar surface area (TPSA) is 40.5 Å². The Morgan fingerprint density at radius 3 is 2.22 bits per heavy atom. The molecule has 140 valence electrons. The molecule has 0 atom stereocenters. The molecule has 0 unspecified atom stereocenters. The Balaban J connectivity index is 1.73. The van der Waals surface area contributed by atoms with E-state index >= 15 is 0 Å². The summed E-state index contributed by atoms with van der Waals surface area (Å²) in [6, 6.07) is 19.1. The fourth-order valence-corrected chi connectivity index (χ4v) is 2.86. The molecule has 0 bridgehead atoms. The molecule has 0 amide bonds. The maximum absolute atomic E-state index is 12.2. The quantitative estimate of drug-likeness (QED) is 0.542. The van der Waals surface area contributed by atoms with Gasteiger partial charge in [-0.25, -0.2) is 0 Å². The Bertz CT molecular complexity index is 918. The van der Waals surface area contributed by atoms with Crippen molar-refractivity contribution in [2.45, 2.75) is 13.2 Å². The second-order valence-electron chi connectivity index (χ2n) is 6.25. The molecule has 0 saturated carbocycles. The summed E-state index contributed by atoms with van der Waals surface area (Å²) >= 11 is 5.93. The van der Waals surface area contributed by atoms with Crippen LogP contribution in [-0.4, -0.2) is 24.9 Å². The second-order valence-corrected chi connectivity index (χ2v) is 6.69. The van der Waals surface area contributed by atoms with Gasteiger partial charge in [-0.1, -0.05) is 48.0 Å². The van der Waals surface area contributed by atoms with Gasteiger partial charge in [-0.15, -0.1) is 0 Å². The number of ether oxygens (including phenoxy) is 2. The Labute approximate surface area is 163 Å². The molecule has 3 rings (SSSR count). The Kier molecular flexibility index (Phi) is 6.82. The van der Waals surface area contributed by atoms with Gasteiger partial charge in [-0.2, -0.15) is 0 Å². The van der Waals surface area contributed by atoms with Crippen molar-refractivity contribution >= 4 is 11.6 Å². The van der Waals surface area contributed by atoms with Gasteiger partial charge in [0.2, 0.25) is 0 Å². The zero-order valence-electron chi connectivity index (χ0n) is 15.2. The van der Waals surface area contributed by atoms with Crippen molar-refractivity contribution in [3.8, 4) is 11.1 Å². The molecule has 0 spiro atoms. The molecule has 0 aliphatic carbocycles. The minimum absolute atomic E-state index is 0.0307. The van der Waals surface area contributed by atoms with Crippen LogP contribution in [0.25, 0.3) is 11.1 Å². The lowest BCUT2D eigenvalue weighted by Gasteiger charge is -2.10. The molecule has 27 heavy (non-hydrogen) atoms. The Morgan fingerprint density at radius 1 is 0.852 bits per heavy atom. The summed E-state index contributed by atoms with van der Waals surface area (Å²) in [5, 5.41) is 0.686. The van der Waals surface area contributed by atoms with E-state index in [1.807, 2.05) is 60.8 Å². The molecule has 0 saturated heterocycles. The molecule has 0 N–H and O–H groups in total. The Hall–Kier alpha value is -2.40. The summed E-state index contributed by atoms with van der Waals surface area (Å²) in [6.45, 7) is 2.23. The number of pyridine rings is 1. The van der Waals surface area contributed by atoms with E-state index in [1.165, 1.54) is 0 Å². The summed E-state index contributed by atoms with van der Waals surface area (Å²) in [7, 11) is 1.66. The van der Waals surface area contributed by atoms with Crippen molar-refractivity contribution < 1.29 is 9.47 Å². The van der Waals surface area contributed by atoms with Gasteiger partial charge in [-0.05, 0) is 40.5 Å². The van der Waals surface area contributed by atoms with Crippen molar-refractivity contribution in [3.05, 3.63) is 93.4 Å². The Morgan fingerprint density at radius 2 is 1.52 bits per heavy atom. The van der Waals surface area contributed by atoms with Gasteiger partial charge in [-0.3, -0.25) is 4.79 Å². The third-order valence-corrected chi connectivity index (χ3v) is 4.49. The van der Waals surface area contributed by atoms with Crippen molar-refractivity contribution in [2.24, 2.45) is 0 Å². The molecule has 4 nitrogen and oxygen atoms in total. The number of hydrogen-bond acceptors (Lipinski definition) is 3. The minimum Gasteiger partial charge on any atom is -0.382 e. The molecule has 1 aromatic heterocycles. The van der Waals surface area contributed by atoms with Crippen molar-refractivity contribution in [2.75, 3.05) is 20.3 Å². The number of methoxy groups -OCH3 is 1. The van der Waals surface area contributed by atoms with E-state index in [2.05, 4.69) is 0 Å². The zero-order valence-corrected chi connectivity index (χ0v) is 16.0. The number of benzene rings is 2. The van der Waals surface area contributed by atoms with E-state index in [0.29, 0.717) is 31.4 Å². The highest BCUT2D eigenvalue weighted by Crippen LogP contribution is 2.19. The van der Waals surface area contributed by atoms with Crippen LogP contribution in [0.15, 0.2) is 71.7 Å². The molecule has 0 radical (unpaired) electrons. The highest BCUT2D eigenvalue weighted by molar-refractivity contribution is 6.30. The normalized spacial score (nSPS) is 10.9. The van der Waals surface area contributed by atoms with E-state index in [1.54, 1.807) is 17.7 Å². The third-order valence-electron chi connectivity index (χ3n) is 4.24. The van der Waals surface area contributed by atoms with E-state index in [0.717, 1.165) is 22.3 Å². The molecule has 0 aliphatic heterocycles. The van der Waals surface area contributed by atoms with E-state index in [-0.39, 0.29) is 5.56 Å². The molecule has 3 aromatic rings. The first kappa shape index (κ1) is 19.4. The summed E-state index contributed by atoms with van der Waals surface area (Å²) in [5.41, 5.74) is 4.15. The van der Waals surface area contributed by atoms with Crippen LogP contribution in [-0.2, 0) is 22.6 Å². The van der Waals surface area contributed by atoms with Gasteiger partial charge in [0.05, 0.1) is 26.4 Å².